The van der Waals surface area contributed by atoms with Gasteiger partial charge in [-0.1, -0.05) is 6.42 Å². The van der Waals surface area contributed by atoms with Gasteiger partial charge in [-0.2, -0.15) is 5.10 Å². The Morgan fingerprint density at radius 1 is 1.29 bits per heavy atom. The number of anilines is 1. The summed E-state index contributed by atoms with van der Waals surface area (Å²) in [7, 11) is 0. The fraction of sp³-hybridized carbons (Fsp3) is 0.600. The molecule has 1 aromatic heterocycles. The Balaban J connectivity index is 1.58. The summed E-state index contributed by atoms with van der Waals surface area (Å²) in [5.74, 6) is -1.69. The van der Waals surface area contributed by atoms with E-state index in [0.717, 1.165) is 6.42 Å². The number of aliphatic carboxylic acids is 1. The monoisotopic (exact) mass is 336 g/mol. The molecule has 3 rings (SSSR count). The molecule has 24 heavy (non-hydrogen) atoms. The van der Waals surface area contributed by atoms with E-state index in [1.165, 1.54) is 17.1 Å². The number of amides is 2. The van der Waals surface area contributed by atoms with E-state index in [9.17, 15) is 19.5 Å². The Labute approximate surface area is 138 Å². The molecule has 2 N–H and O–H groups in total. The molecule has 1 aliphatic carbocycles. The van der Waals surface area contributed by atoms with Gasteiger partial charge in [0.1, 0.15) is 12.0 Å². The van der Waals surface area contributed by atoms with Gasteiger partial charge >= 0.3 is 5.97 Å². The molecule has 1 aliphatic heterocycles. The van der Waals surface area contributed by atoms with Gasteiger partial charge in [0, 0.05) is 19.3 Å². The average Bonchev–Trinajstić information content (AvgIpc) is 2.93. The second kappa shape index (κ2) is 6.60. The molecule has 0 unspecified atom stereocenters. The molecule has 9 nitrogen and oxygen atoms in total. The molecule has 0 atom stereocenters. The number of morpholine rings is 1. The molecule has 0 spiro atoms. The molecule has 2 fully saturated rings. The molecule has 1 aromatic rings. The summed E-state index contributed by atoms with van der Waals surface area (Å²) in [4.78, 5) is 37.4. The smallest absolute Gasteiger partial charge is 0.319 e. The summed E-state index contributed by atoms with van der Waals surface area (Å²) in [6.07, 6.45) is 4.37. The quantitative estimate of drug-likeness (QED) is 0.728. The van der Waals surface area contributed by atoms with Crippen molar-refractivity contribution in [2.24, 2.45) is 5.41 Å². The van der Waals surface area contributed by atoms with Gasteiger partial charge in [-0.15, -0.1) is 0 Å². The molecule has 1 saturated heterocycles. The number of carbonyl (C=O) groups excluding carboxylic acids is 2. The molecule has 9 heteroatoms. The molecule has 2 heterocycles. The van der Waals surface area contributed by atoms with E-state index in [-0.39, 0.29) is 12.5 Å². The van der Waals surface area contributed by atoms with E-state index >= 15 is 0 Å². The lowest BCUT2D eigenvalue weighted by atomic mass is 9.68. The lowest BCUT2D eigenvalue weighted by molar-refractivity contribution is -0.159. The number of hydrogen-bond donors (Lipinski definition) is 2. The van der Waals surface area contributed by atoms with Crippen LogP contribution in [-0.4, -0.2) is 63.9 Å². The van der Waals surface area contributed by atoms with Gasteiger partial charge in [0.05, 0.1) is 25.1 Å². The highest BCUT2D eigenvalue weighted by atomic mass is 16.5. The van der Waals surface area contributed by atoms with E-state index in [2.05, 4.69) is 10.4 Å². The molecular weight excluding hydrogens is 316 g/mol. The summed E-state index contributed by atoms with van der Waals surface area (Å²) in [6, 6.07) is 0. The van der Waals surface area contributed by atoms with Crippen LogP contribution in [0.1, 0.15) is 19.3 Å². The first-order valence-electron chi connectivity index (χ1n) is 7.94. The predicted molar refractivity (Wildman–Crippen MR) is 82.2 cm³/mol. The van der Waals surface area contributed by atoms with Crippen LogP contribution in [0.15, 0.2) is 12.4 Å². The predicted octanol–water partition coefficient (Wildman–Crippen LogP) is -0.0647. The number of carboxylic acid groups (broad SMARTS) is 1. The maximum Gasteiger partial charge on any atom is 0.319 e. The Morgan fingerprint density at radius 2 is 2.00 bits per heavy atom. The van der Waals surface area contributed by atoms with E-state index in [4.69, 9.17) is 4.74 Å². The summed E-state index contributed by atoms with van der Waals surface area (Å²) in [6.45, 7) is 2.25. The maximum absolute atomic E-state index is 12.2. The zero-order chi connectivity index (χ0) is 17.2. The second-order valence-corrected chi connectivity index (χ2v) is 6.11. The fourth-order valence-electron chi connectivity index (χ4n) is 2.89. The van der Waals surface area contributed by atoms with Gasteiger partial charge in [-0.3, -0.25) is 19.1 Å². The highest BCUT2D eigenvalue weighted by molar-refractivity contribution is 6.09. The number of aromatic nitrogens is 2. The van der Waals surface area contributed by atoms with Crippen molar-refractivity contribution in [2.75, 3.05) is 31.6 Å². The van der Waals surface area contributed by atoms with Crippen LogP contribution >= 0.6 is 0 Å². The van der Waals surface area contributed by atoms with Crippen LogP contribution in [0.4, 0.5) is 5.69 Å². The minimum atomic E-state index is -1.33. The van der Waals surface area contributed by atoms with E-state index in [1.54, 1.807) is 4.90 Å². The first-order chi connectivity index (χ1) is 11.5. The number of ether oxygens (including phenoxy) is 1. The molecule has 0 aromatic carbocycles. The Morgan fingerprint density at radius 3 is 2.58 bits per heavy atom. The van der Waals surface area contributed by atoms with Crippen LogP contribution in [0.2, 0.25) is 0 Å². The lowest BCUT2D eigenvalue weighted by Crippen LogP contribution is -2.48. The van der Waals surface area contributed by atoms with Crippen LogP contribution in [-0.2, 0) is 25.7 Å². The van der Waals surface area contributed by atoms with Crippen molar-refractivity contribution in [1.29, 1.82) is 0 Å². The van der Waals surface area contributed by atoms with Gasteiger partial charge < -0.3 is 20.1 Å². The number of carboxylic acids is 1. The standard InChI is InChI=1S/C15H20N4O5/c20-12(18-4-6-24-7-5-18)10-19-9-11(8-16-19)17-13(21)15(14(22)23)2-1-3-15/h8-9H,1-7,10H2,(H,17,21)(H,22,23). The first-order valence-corrected chi connectivity index (χ1v) is 7.94. The van der Waals surface area contributed by atoms with Gasteiger partial charge in [0.25, 0.3) is 0 Å². The third-order valence-electron chi connectivity index (χ3n) is 4.60. The molecular formula is C15H20N4O5. The summed E-state index contributed by atoms with van der Waals surface area (Å²) in [5.41, 5.74) is -0.937. The first kappa shape index (κ1) is 16.4. The van der Waals surface area contributed by atoms with Crippen LogP contribution < -0.4 is 5.32 Å². The van der Waals surface area contributed by atoms with Gasteiger partial charge in [-0.25, -0.2) is 0 Å². The van der Waals surface area contributed by atoms with Crippen LogP contribution in [0.5, 0.6) is 0 Å². The van der Waals surface area contributed by atoms with Crippen molar-refractivity contribution in [2.45, 2.75) is 25.8 Å². The fourth-order valence-corrected chi connectivity index (χ4v) is 2.89. The third kappa shape index (κ3) is 3.12. The topological polar surface area (TPSA) is 114 Å². The summed E-state index contributed by atoms with van der Waals surface area (Å²) < 4.78 is 6.64. The van der Waals surface area contributed by atoms with Gasteiger partial charge in [0.15, 0.2) is 0 Å². The zero-order valence-corrected chi connectivity index (χ0v) is 13.2. The molecule has 130 valence electrons. The maximum atomic E-state index is 12.2. The van der Waals surface area contributed by atoms with Crippen LogP contribution in [0.3, 0.4) is 0 Å². The number of nitrogens with zero attached hydrogens (tertiary/aromatic N) is 3. The van der Waals surface area contributed by atoms with E-state index < -0.39 is 17.3 Å². The van der Waals surface area contributed by atoms with Crippen molar-refractivity contribution >= 4 is 23.5 Å². The minimum Gasteiger partial charge on any atom is -0.480 e. The lowest BCUT2D eigenvalue weighted by Gasteiger charge is -2.35. The number of rotatable bonds is 5. The van der Waals surface area contributed by atoms with Crippen molar-refractivity contribution < 1.29 is 24.2 Å². The normalized spacial score (nSPS) is 19.4. The largest absolute Gasteiger partial charge is 0.480 e. The highest BCUT2D eigenvalue weighted by Crippen LogP contribution is 2.42. The van der Waals surface area contributed by atoms with Crippen molar-refractivity contribution in [1.82, 2.24) is 14.7 Å². The average molecular weight is 336 g/mol. The molecule has 1 saturated carbocycles. The number of nitrogens with one attached hydrogen (secondary N) is 1. The summed E-state index contributed by atoms with van der Waals surface area (Å²) >= 11 is 0. The summed E-state index contributed by atoms with van der Waals surface area (Å²) in [5, 5.41) is 15.9. The Hall–Kier alpha value is -2.42. The molecule has 2 amide bonds. The van der Waals surface area contributed by atoms with Crippen LogP contribution in [0.25, 0.3) is 0 Å². The van der Waals surface area contributed by atoms with E-state index in [1.807, 2.05) is 0 Å². The van der Waals surface area contributed by atoms with Crippen LogP contribution in [0, 0.1) is 5.41 Å². The number of hydrogen-bond acceptors (Lipinski definition) is 5. The highest BCUT2D eigenvalue weighted by Gasteiger charge is 2.51. The number of carbonyl (C=O) groups is 3. The van der Waals surface area contributed by atoms with Gasteiger partial charge in [0.2, 0.25) is 11.8 Å². The Kier molecular flexibility index (Phi) is 4.52. The van der Waals surface area contributed by atoms with Crippen molar-refractivity contribution in [3.63, 3.8) is 0 Å². The van der Waals surface area contributed by atoms with Gasteiger partial charge in [-0.05, 0) is 12.8 Å². The SMILES string of the molecule is O=C(Cn1cc(NC(=O)C2(C(=O)O)CCC2)cn1)N1CCOCC1. The van der Waals surface area contributed by atoms with Crippen molar-refractivity contribution in [3.8, 4) is 0 Å². The minimum absolute atomic E-state index is 0.0692. The molecule has 0 bridgehead atoms. The Bertz CT molecular complexity index is 646. The third-order valence-corrected chi connectivity index (χ3v) is 4.60. The zero-order valence-electron chi connectivity index (χ0n) is 13.2. The van der Waals surface area contributed by atoms with E-state index in [0.29, 0.717) is 44.8 Å². The van der Waals surface area contributed by atoms with Crippen molar-refractivity contribution in [3.05, 3.63) is 12.4 Å². The molecule has 0 radical (unpaired) electrons. The molecule has 2 aliphatic rings. The second-order valence-electron chi connectivity index (χ2n) is 6.11.